The lowest BCUT2D eigenvalue weighted by Crippen LogP contribution is -2.39. The van der Waals surface area contributed by atoms with Gasteiger partial charge in [-0.2, -0.15) is 5.10 Å². The van der Waals surface area contributed by atoms with Gasteiger partial charge in [-0.15, -0.1) is 0 Å². The summed E-state index contributed by atoms with van der Waals surface area (Å²) >= 11 is 0. The average molecular weight is 564 g/mol. The second kappa shape index (κ2) is 13.1. The molecular formula is C33H53N7O. The van der Waals surface area contributed by atoms with Crippen LogP contribution in [0.5, 0.6) is 0 Å². The Morgan fingerprint density at radius 1 is 1.07 bits per heavy atom. The van der Waals surface area contributed by atoms with E-state index in [2.05, 4.69) is 86.5 Å². The van der Waals surface area contributed by atoms with Crippen molar-refractivity contribution in [2.24, 2.45) is 16.2 Å². The van der Waals surface area contributed by atoms with Gasteiger partial charge < -0.3 is 10.2 Å². The molecule has 3 heterocycles. The van der Waals surface area contributed by atoms with Crippen molar-refractivity contribution >= 4 is 11.7 Å². The molecule has 2 aliphatic rings. The zero-order valence-corrected chi connectivity index (χ0v) is 26.6. The number of nitrogens with one attached hydrogen (secondary N) is 1. The maximum atomic E-state index is 12.7. The Morgan fingerprint density at radius 2 is 1.85 bits per heavy atom. The number of hydrogen-bond acceptors (Lipinski definition) is 6. The molecule has 0 radical (unpaired) electrons. The van der Waals surface area contributed by atoms with Crippen molar-refractivity contribution in [3.8, 4) is 0 Å². The van der Waals surface area contributed by atoms with E-state index in [9.17, 15) is 4.79 Å². The molecule has 1 N–H and O–H groups in total. The topological polar surface area (TPSA) is 79.2 Å². The third-order valence-corrected chi connectivity index (χ3v) is 7.74. The molecule has 1 aliphatic carbocycles. The van der Waals surface area contributed by atoms with Crippen molar-refractivity contribution < 1.29 is 4.79 Å². The Bertz CT molecular complexity index is 1160. The van der Waals surface area contributed by atoms with Gasteiger partial charge in [0, 0.05) is 50.3 Å². The summed E-state index contributed by atoms with van der Waals surface area (Å²) in [7, 11) is 0. The number of amides is 1. The number of anilines is 1. The smallest absolute Gasteiger partial charge is 0.243 e. The van der Waals surface area contributed by atoms with Crippen molar-refractivity contribution in [1.29, 1.82) is 0 Å². The summed E-state index contributed by atoms with van der Waals surface area (Å²) in [6.07, 6.45) is 12.0. The van der Waals surface area contributed by atoms with Crippen LogP contribution < -0.4 is 10.2 Å². The molecule has 1 saturated carbocycles. The fraction of sp³-hybridized carbons (Fsp3) is 0.697. The molecule has 226 valence electrons. The van der Waals surface area contributed by atoms with E-state index in [1.165, 1.54) is 12.8 Å². The second-order valence-electron chi connectivity index (χ2n) is 15.0. The minimum absolute atomic E-state index is 0.0109. The van der Waals surface area contributed by atoms with Gasteiger partial charge in [0.25, 0.3) is 0 Å². The normalized spacial score (nSPS) is 17.8. The van der Waals surface area contributed by atoms with Crippen LogP contribution in [0.1, 0.15) is 92.2 Å². The van der Waals surface area contributed by atoms with E-state index in [1.54, 1.807) is 6.08 Å². The second-order valence-corrected chi connectivity index (χ2v) is 15.0. The van der Waals surface area contributed by atoms with E-state index in [-0.39, 0.29) is 16.7 Å². The molecule has 1 aliphatic heterocycles. The van der Waals surface area contributed by atoms with Crippen molar-refractivity contribution in [3.05, 3.63) is 48.2 Å². The predicted molar refractivity (Wildman–Crippen MR) is 167 cm³/mol. The largest absolute Gasteiger partial charge is 0.356 e. The molecule has 2 aromatic rings. The molecule has 0 saturated heterocycles. The van der Waals surface area contributed by atoms with Gasteiger partial charge >= 0.3 is 0 Å². The molecule has 41 heavy (non-hydrogen) atoms. The molecule has 1 amide bonds. The first-order chi connectivity index (χ1) is 19.3. The number of carbonyl (C=O) groups is 1. The third-order valence-electron chi connectivity index (χ3n) is 7.74. The van der Waals surface area contributed by atoms with E-state index in [0.717, 1.165) is 76.0 Å². The van der Waals surface area contributed by atoms with Gasteiger partial charge in [-0.05, 0) is 54.7 Å². The molecule has 1 atom stereocenters. The molecule has 0 spiro atoms. The number of unbranched alkanes of at least 4 members (excludes halogenated alkanes) is 1. The first-order valence-electron chi connectivity index (χ1n) is 15.6. The van der Waals surface area contributed by atoms with Gasteiger partial charge in [-0.25, -0.2) is 14.6 Å². The van der Waals surface area contributed by atoms with Crippen molar-refractivity contribution in [1.82, 2.24) is 30.0 Å². The molecular weight excluding hydrogens is 510 g/mol. The lowest BCUT2D eigenvalue weighted by atomic mass is 9.84. The van der Waals surface area contributed by atoms with Crippen LogP contribution in [-0.2, 0) is 24.3 Å². The van der Waals surface area contributed by atoms with Gasteiger partial charge in [0.05, 0.1) is 13.1 Å². The van der Waals surface area contributed by atoms with Crippen LogP contribution in [0.2, 0.25) is 0 Å². The first-order valence-corrected chi connectivity index (χ1v) is 15.6. The van der Waals surface area contributed by atoms with Gasteiger partial charge in [-0.3, -0.25) is 9.69 Å². The Kier molecular flexibility index (Phi) is 9.93. The number of hydrogen-bond donors (Lipinski definition) is 1. The van der Waals surface area contributed by atoms with Crippen LogP contribution in [0.3, 0.4) is 0 Å². The molecule has 0 aromatic carbocycles. The Labute approximate surface area is 248 Å². The van der Waals surface area contributed by atoms with Gasteiger partial charge in [0.2, 0.25) is 5.91 Å². The Balaban J connectivity index is 1.53. The number of carbonyl (C=O) groups excluding carboxylic acids is 1. The summed E-state index contributed by atoms with van der Waals surface area (Å²) in [6.45, 7) is 21.4. The third kappa shape index (κ3) is 10.6. The minimum atomic E-state index is -0.356. The Morgan fingerprint density at radius 3 is 2.51 bits per heavy atom. The molecule has 0 bridgehead atoms. The van der Waals surface area contributed by atoms with Gasteiger partial charge in [0.1, 0.15) is 11.6 Å². The first kappa shape index (κ1) is 31.2. The Hall–Kier alpha value is -2.74. The SMILES string of the molecule is CC(C)(C)CCCCN(CC(C)(/C=C/C(=O)NC1CC1)Cc1nc2n(n1)CCN(CC(C)(C)C)C2)c1ccccn1. The quantitative estimate of drug-likeness (QED) is 0.251. The van der Waals surface area contributed by atoms with E-state index in [1.807, 2.05) is 12.3 Å². The molecule has 1 unspecified atom stereocenters. The number of aromatic nitrogens is 4. The lowest BCUT2D eigenvalue weighted by Gasteiger charge is -2.34. The highest BCUT2D eigenvalue weighted by Gasteiger charge is 2.31. The average Bonchev–Trinajstić information content (AvgIpc) is 3.60. The summed E-state index contributed by atoms with van der Waals surface area (Å²) in [5, 5.41) is 8.05. The van der Waals surface area contributed by atoms with Gasteiger partial charge in [0.15, 0.2) is 5.82 Å². The zero-order chi connectivity index (χ0) is 29.7. The van der Waals surface area contributed by atoms with Crippen LogP contribution in [0, 0.1) is 16.2 Å². The fourth-order valence-corrected chi connectivity index (χ4v) is 5.61. The molecule has 4 rings (SSSR count). The maximum absolute atomic E-state index is 12.7. The maximum Gasteiger partial charge on any atom is 0.243 e. The van der Waals surface area contributed by atoms with E-state index >= 15 is 0 Å². The highest BCUT2D eigenvalue weighted by molar-refractivity contribution is 5.88. The summed E-state index contributed by atoms with van der Waals surface area (Å²) < 4.78 is 2.08. The molecule has 8 heteroatoms. The van der Waals surface area contributed by atoms with E-state index in [0.29, 0.717) is 17.9 Å². The van der Waals surface area contributed by atoms with Crippen molar-refractivity contribution in [3.63, 3.8) is 0 Å². The number of fused-ring (bicyclic) bond motifs is 1. The predicted octanol–water partition coefficient (Wildman–Crippen LogP) is 5.64. The van der Waals surface area contributed by atoms with E-state index < -0.39 is 0 Å². The number of pyridine rings is 1. The van der Waals surface area contributed by atoms with Crippen molar-refractivity contribution in [2.75, 3.05) is 31.1 Å². The summed E-state index contributed by atoms with van der Waals surface area (Å²) in [5.74, 6) is 2.85. The van der Waals surface area contributed by atoms with E-state index in [4.69, 9.17) is 15.1 Å². The van der Waals surface area contributed by atoms with Gasteiger partial charge in [-0.1, -0.05) is 67.0 Å². The standard InChI is InChI=1S/C33H53N7O/c1-31(2,3)16-9-11-19-39(28-12-8-10-18-34-28)25-33(7,17-15-30(41)35-26-13-14-26)22-27-36-29-23-38(24-32(4,5)6)20-21-40(29)37-27/h8,10,12,15,17-18,26H,9,11,13-14,16,19-25H2,1-7H3,(H,35,41)/b17-15+. The molecule has 1 fully saturated rings. The minimum Gasteiger partial charge on any atom is -0.356 e. The number of nitrogens with zero attached hydrogens (tertiary/aromatic N) is 6. The van der Waals surface area contributed by atoms with Crippen molar-refractivity contribution in [2.45, 2.75) is 106 Å². The lowest BCUT2D eigenvalue weighted by molar-refractivity contribution is -0.116. The van der Waals surface area contributed by atoms with Crippen LogP contribution in [0.15, 0.2) is 36.5 Å². The summed E-state index contributed by atoms with van der Waals surface area (Å²) in [6, 6.07) is 6.44. The monoisotopic (exact) mass is 563 g/mol. The summed E-state index contributed by atoms with van der Waals surface area (Å²) in [5.41, 5.74) is 0.221. The fourth-order valence-electron chi connectivity index (χ4n) is 5.61. The number of rotatable bonds is 13. The zero-order valence-electron chi connectivity index (χ0n) is 26.6. The highest BCUT2D eigenvalue weighted by atomic mass is 16.1. The van der Waals surface area contributed by atoms with Crippen LogP contribution in [0.25, 0.3) is 0 Å². The molecule has 2 aromatic heterocycles. The summed E-state index contributed by atoms with van der Waals surface area (Å²) in [4.78, 5) is 27.3. The van der Waals surface area contributed by atoms with Crippen LogP contribution in [-0.4, -0.2) is 62.8 Å². The van der Waals surface area contributed by atoms with Crippen LogP contribution >= 0.6 is 0 Å². The molecule has 8 nitrogen and oxygen atoms in total. The highest BCUT2D eigenvalue weighted by Crippen LogP contribution is 2.29. The van der Waals surface area contributed by atoms with Crippen LogP contribution in [0.4, 0.5) is 5.82 Å².